The van der Waals surface area contributed by atoms with E-state index in [0.29, 0.717) is 5.75 Å². The Balaban J connectivity index is 2.06. The van der Waals surface area contributed by atoms with Crippen LogP contribution in [0.3, 0.4) is 0 Å². The summed E-state index contributed by atoms with van der Waals surface area (Å²) in [6.07, 6.45) is 2.87. The summed E-state index contributed by atoms with van der Waals surface area (Å²) in [6.45, 7) is 3.17. The Hall–Kier alpha value is -1.03. The molecular formula is C13H20N2OS. The van der Waals surface area contributed by atoms with Gasteiger partial charge in [-0.05, 0) is 37.1 Å². The molecule has 0 saturated carbocycles. The van der Waals surface area contributed by atoms with Crippen LogP contribution in [-0.2, 0) is 17.2 Å². The van der Waals surface area contributed by atoms with Gasteiger partial charge in [0.15, 0.2) is 0 Å². The Labute approximate surface area is 106 Å². The number of fused-ring (bicyclic) bond motifs is 1. The monoisotopic (exact) mass is 252 g/mol. The lowest BCUT2D eigenvalue weighted by atomic mass is 10.1. The van der Waals surface area contributed by atoms with Crippen molar-refractivity contribution in [2.45, 2.75) is 19.4 Å². The normalized spacial score (nSPS) is 17.7. The molecule has 0 aromatic heterocycles. The molecule has 2 atom stereocenters. The number of anilines is 2. The second-order valence-corrected chi connectivity index (χ2v) is 6.28. The van der Waals surface area contributed by atoms with E-state index in [0.717, 1.165) is 18.7 Å². The van der Waals surface area contributed by atoms with Crippen LogP contribution in [0.5, 0.6) is 0 Å². The van der Waals surface area contributed by atoms with Crippen LogP contribution in [0.1, 0.15) is 12.5 Å². The zero-order valence-electron chi connectivity index (χ0n) is 10.7. The highest BCUT2D eigenvalue weighted by molar-refractivity contribution is 7.84. The smallest absolute Gasteiger partial charge is 0.0431 e. The van der Waals surface area contributed by atoms with Gasteiger partial charge in [-0.3, -0.25) is 4.21 Å². The highest BCUT2D eigenvalue weighted by atomic mass is 32.2. The predicted molar refractivity (Wildman–Crippen MR) is 75.4 cm³/mol. The summed E-state index contributed by atoms with van der Waals surface area (Å²) in [6, 6.07) is 6.74. The molecule has 1 heterocycles. The fourth-order valence-electron chi connectivity index (χ4n) is 2.33. The minimum atomic E-state index is -0.745. The maximum Gasteiger partial charge on any atom is 0.0431 e. The van der Waals surface area contributed by atoms with Gasteiger partial charge in [0.2, 0.25) is 0 Å². The molecule has 0 radical (unpaired) electrons. The summed E-state index contributed by atoms with van der Waals surface area (Å²) in [4.78, 5) is 2.28. The summed E-state index contributed by atoms with van der Waals surface area (Å²) in [7, 11) is 1.38. The average molecular weight is 252 g/mol. The van der Waals surface area contributed by atoms with E-state index in [2.05, 4.69) is 42.4 Å². The van der Waals surface area contributed by atoms with Crippen LogP contribution in [0.2, 0.25) is 0 Å². The third-order valence-electron chi connectivity index (χ3n) is 3.11. The van der Waals surface area contributed by atoms with Gasteiger partial charge in [0.25, 0.3) is 0 Å². The molecule has 0 saturated heterocycles. The second kappa shape index (κ2) is 5.08. The molecule has 0 aliphatic carbocycles. The molecule has 2 rings (SSSR count). The fraction of sp³-hybridized carbons (Fsp3) is 0.538. The Morgan fingerprint density at radius 1 is 1.53 bits per heavy atom. The Morgan fingerprint density at radius 2 is 2.29 bits per heavy atom. The number of rotatable bonds is 4. The summed E-state index contributed by atoms with van der Waals surface area (Å²) >= 11 is 0. The number of benzene rings is 1. The SMILES string of the molecule is CC(CS(C)=O)Nc1ccc2c(c1)CCN2C. The van der Waals surface area contributed by atoms with E-state index in [4.69, 9.17) is 0 Å². The van der Waals surface area contributed by atoms with Gasteiger partial charge in [0, 0.05) is 53.8 Å². The van der Waals surface area contributed by atoms with Crippen LogP contribution in [0.15, 0.2) is 18.2 Å². The number of nitrogens with one attached hydrogen (secondary N) is 1. The fourth-order valence-corrected chi connectivity index (χ4v) is 3.12. The maximum absolute atomic E-state index is 11.1. The van der Waals surface area contributed by atoms with Crippen LogP contribution in [0.25, 0.3) is 0 Å². The minimum Gasteiger partial charge on any atom is -0.382 e. The topological polar surface area (TPSA) is 32.3 Å². The van der Waals surface area contributed by atoms with E-state index in [1.54, 1.807) is 6.26 Å². The highest BCUT2D eigenvalue weighted by Gasteiger charge is 2.15. The van der Waals surface area contributed by atoms with Crippen molar-refractivity contribution in [3.63, 3.8) is 0 Å². The molecule has 1 aromatic rings. The van der Waals surface area contributed by atoms with Crippen LogP contribution in [0.4, 0.5) is 11.4 Å². The predicted octanol–water partition coefficient (Wildman–Crippen LogP) is 1.86. The van der Waals surface area contributed by atoms with Gasteiger partial charge in [-0.1, -0.05) is 0 Å². The molecule has 17 heavy (non-hydrogen) atoms. The molecule has 1 aromatic carbocycles. The third kappa shape index (κ3) is 3.00. The van der Waals surface area contributed by atoms with Crippen molar-refractivity contribution in [3.8, 4) is 0 Å². The molecule has 4 heteroatoms. The van der Waals surface area contributed by atoms with Gasteiger partial charge in [-0.25, -0.2) is 0 Å². The van der Waals surface area contributed by atoms with Crippen molar-refractivity contribution in [2.75, 3.05) is 35.8 Å². The molecule has 1 N–H and O–H groups in total. The van der Waals surface area contributed by atoms with Gasteiger partial charge in [-0.15, -0.1) is 0 Å². The standard InChI is InChI=1S/C13H20N2OS/c1-10(9-17(3)16)14-12-4-5-13-11(8-12)6-7-15(13)2/h4-5,8,10,14H,6-7,9H2,1-3H3. The lowest BCUT2D eigenvalue weighted by molar-refractivity contribution is 0.683. The minimum absolute atomic E-state index is 0.248. The van der Waals surface area contributed by atoms with E-state index in [1.165, 1.54) is 11.3 Å². The summed E-state index contributed by atoms with van der Waals surface area (Å²) in [5.74, 6) is 0.691. The van der Waals surface area contributed by atoms with Crippen molar-refractivity contribution in [1.82, 2.24) is 0 Å². The van der Waals surface area contributed by atoms with E-state index >= 15 is 0 Å². The first-order valence-electron chi connectivity index (χ1n) is 5.97. The van der Waals surface area contributed by atoms with Gasteiger partial charge < -0.3 is 10.2 Å². The molecule has 0 bridgehead atoms. The number of nitrogens with zero attached hydrogens (tertiary/aromatic N) is 1. The third-order valence-corrected chi connectivity index (χ3v) is 4.07. The summed E-state index contributed by atoms with van der Waals surface area (Å²) < 4.78 is 11.1. The molecular weight excluding hydrogens is 232 g/mol. The number of hydrogen-bond acceptors (Lipinski definition) is 3. The van der Waals surface area contributed by atoms with Crippen LogP contribution >= 0.6 is 0 Å². The van der Waals surface area contributed by atoms with Crippen molar-refractivity contribution < 1.29 is 4.21 Å². The van der Waals surface area contributed by atoms with Gasteiger partial charge in [0.05, 0.1) is 0 Å². The Bertz CT molecular complexity index is 433. The first kappa shape index (κ1) is 12.4. The largest absolute Gasteiger partial charge is 0.382 e. The zero-order valence-corrected chi connectivity index (χ0v) is 11.5. The Morgan fingerprint density at radius 3 is 3.00 bits per heavy atom. The lowest BCUT2D eigenvalue weighted by Crippen LogP contribution is -2.22. The van der Waals surface area contributed by atoms with Gasteiger partial charge in [-0.2, -0.15) is 0 Å². The van der Waals surface area contributed by atoms with Gasteiger partial charge >= 0.3 is 0 Å². The maximum atomic E-state index is 11.1. The lowest BCUT2D eigenvalue weighted by Gasteiger charge is -2.16. The van der Waals surface area contributed by atoms with Crippen molar-refractivity contribution >= 4 is 22.2 Å². The zero-order chi connectivity index (χ0) is 12.4. The van der Waals surface area contributed by atoms with Gasteiger partial charge in [0.1, 0.15) is 0 Å². The first-order valence-corrected chi connectivity index (χ1v) is 7.69. The number of hydrogen-bond donors (Lipinski definition) is 1. The van der Waals surface area contributed by atoms with Crippen molar-refractivity contribution in [1.29, 1.82) is 0 Å². The van der Waals surface area contributed by atoms with Crippen LogP contribution < -0.4 is 10.2 Å². The number of likely N-dealkylation sites (N-methyl/N-ethyl adjacent to an activating group) is 1. The van der Waals surface area contributed by atoms with E-state index < -0.39 is 10.8 Å². The quantitative estimate of drug-likeness (QED) is 0.887. The second-order valence-electron chi connectivity index (χ2n) is 4.80. The Kier molecular flexibility index (Phi) is 3.72. The van der Waals surface area contributed by atoms with Crippen LogP contribution in [-0.4, -0.2) is 35.9 Å². The summed E-state index contributed by atoms with van der Waals surface area (Å²) in [5, 5.41) is 3.41. The molecule has 1 aliphatic rings. The van der Waals surface area contributed by atoms with Crippen molar-refractivity contribution in [2.24, 2.45) is 0 Å². The van der Waals surface area contributed by atoms with Crippen LogP contribution in [0, 0.1) is 0 Å². The summed E-state index contributed by atoms with van der Waals surface area (Å²) in [5.41, 5.74) is 3.88. The molecule has 2 unspecified atom stereocenters. The molecule has 0 fully saturated rings. The first-order chi connectivity index (χ1) is 8.06. The van der Waals surface area contributed by atoms with Crippen molar-refractivity contribution in [3.05, 3.63) is 23.8 Å². The molecule has 3 nitrogen and oxygen atoms in total. The highest BCUT2D eigenvalue weighted by Crippen LogP contribution is 2.29. The molecule has 0 spiro atoms. The van der Waals surface area contributed by atoms with E-state index in [-0.39, 0.29) is 6.04 Å². The average Bonchev–Trinajstić information content (AvgIpc) is 2.58. The molecule has 0 amide bonds. The molecule has 1 aliphatic heterocycles. The van der Waals surface area contributed by atoms with E-state index in [1.807, 2.05) is 0 Å². The van der Waals surface area contributed by atoms with E-state index in [9.17, 15) is 4.21 Å². The molecule has 94 valence electrons.